The number of aryl methyl sites for hydroxylation is 1. The molecule has 2 fully saturated rings. The first-order chi connectivity index (χ1) is 15.4. The number of tetrazole rings is 1. The number of rotatable bonds is 6. The van der Waals surface area contributed by atoms with Crippen molar-refractivity contribution in [3.8, 4) is 11.6 Å². The molecule has 3 N–H and O–H groups in total. The van der Waals surface area contributed by atoms with E-state index in [4.69, 9.17) is 10.5 Å². The zero-order chi connectivity index (χ0) is 22.3. The fraction of sp³-hybridized carbons (Fsp3) is 0.364. The van der Waals surface area contributed by atoms with Crippen molar-refractivity contribution in [2.75, 3.05) is 0 Å². The summed E-state index contributed by atoms with van der Waals surface area (Å²) in [6.07, 6.45) is 5.17. The number of hydrogen-bond acceptors (Lipinski definition) is 7. The number of pyridine rings is 1. The lowest BCUT2D eigenvalue weighted by Gasteiger charge is -2.57. The first kappa shape index (κ1) is 20.1. The molecule has 0 saturated heterocycles. The van der Waals surface area contributed by atoms with Crippen molar-refractivity contribution >= 4 is 11.8 Å². The maximum atomic E-state index is 12.7. The van der Waals surface area contributed by atoms with Gasteiger partial charge in [-0.1, -0.05) is 6.07 Å². The van der Waals surface area contributed by atoms with Gasteiger partial charge in [0.1, 0.15) is 11.7 Å². The summed E-state index contributed by atoms with van der Waals surface area (Å²) in [6, 6.07) is 10.7. The third-order valence-electron chi connectivity index (χ3n) is 6.31. The minimum Gasteiger partial charge on any atom is -0.474 e. The number of benzene rings is 1. The number of nitrogens with zero attached hydrogens (tertiary/aromatic N) is 5. The van der Waals surface area contributed by atoms with E-state index < -0.39 is 5.91 Å². The lowest BCUT2D eigenvalue weighted by molar-refractivity contribution is -0.0848. The van der Waals surface area contributed by atoms with Gasteiger partial charge in [0.15, 0.2) is 5.82 Å². The number of carbonyl (C=O) groups excluding carboxylic acids is 2. The molecule has 0 radical (unpaired) electrons. The molecule has 0 bridgehead atoms. The molecule has 1 spiro atoms. The van der Waals surface area contributed by atoms with Gasteiger partial charge < -0.3 is 15.8 Å². The highest BCUT2D eigenvalue weighted by atomic mass is 16.5. The Morgan fingerprint density at radius 1 is 1.19 bits per heavy atom. The highest BCUT2D eigenvalue weighted by molar-refractivity contribution is 5.95. The van der Waals surface area contributed by atoms with Crippen LogP contribution in [0.2, 0.25) is 0 Å². The second-order valence-electron chi connectivity index (χ2n) is 8.64. The van der Waals surface area contributed by atoms with Gasteiger partial charge in [0.2, 0.25) is 5.88 Å². The van der Waals surface area contributed by atoms with E-state index in [0.29, 0.717) is 22.8 Å². The molecule has 0 aliphatic heterocycles. The molecule has 2 saturated carbocycles. The smallest absolute Gasteiger partial charge is 0.254 e. The molecular weight excluding hydrogens is 410 g/mol. The van der Waals surface area contributed by atoms with Crippen LogP contribution in [0.4, 0.5) is 0 Å². The highest BCUT2D eigenvalue weighted by Crippen LogP contribution is 2.56. The summed E-state index contributed by atoms with van der Waals surface area (Å²) in [7, 11) is 0. The van der Waals surface area contributed by atoms with Crippen LogP contribution >= 0.6 is 0 Å². The Kier molecular flexibility index (Phi) is 4.84. The predicted molar refractivity (Wildman–Crippen MR) is 113 cm³/mol. The van der Waals surface area contributed by atoms with Crippen LogP contribution in [0, 0.1) is 12.3 Å². The van der Waals surface area contributed by atoms with Gasteiger partial charge in [-0.3, -0.25) is 9.59 Å². The molecule has 10 heteroatoms. The first-order valence-corrected chi connectivity index (χ1v) is 10.5. The van der Waals surface area contributed by atoms with E-state index in [1.807, 2.05) is 12.1 Å². The molecule has 2 heterocycles. The largest absolute Gasteiger partial charge is 0.474 e. The SMILES string of the molecule is Cc1nnnn1-c1cccc(C(=O)NC2CC3(C2)CC(Oc2ncccc2C(N)=O)C3)c1. The number of nitrogens with one attached hydrogen (secondary N) is 1. The predicted octanol–water partition coefficient (Wildman–Crippen LogP) is 1.58. The number of carbonyl (C=O) groups is 2. The van der Waals surface area contributed by atoms with Gasteiger partial charge in [-0.25, -0.2) is 4.98 Å². The van der Waals surface area contributed by atoms with E-state index in [1.165, 1.54) is 0 Å². The summed E-state index contributed by atoms with van der Waals surface area (Å²) in [5.74, 6) is 0.289. The normalized spacial score (nSPS) is 23.8. The number of nitrogens with two attached hydrogens (primary N) is 1. The minimum absolute atomic E-state index is 0.0101. The molecule has 0 unspecified atom stereocenters. The summed E-state index contributed by atoms with van der Waals surface area (Å²) in [4.78, 5) is 28.4. The summed E-state index contributed by atoms with van der Waals surface area (Å²) in [5, 5.41) is 14.6. The standard InChI is InChI=1S/C22H23N7O3/c1-13-26-27-28-29(13)16-5-2-4-14(8-16)20(31)25-15-9-22(10-15)11-17(12-22)32-21-18(19(23)30)6-3-7-24-21/h2-8,15,17H,9-12H2,1H3,(H2,23,30)(H,25,31). The van der Waals surface area contributed by atoms with Gasteiger partial charge in [0.05, 0.1) is 5.69 Å². The zero-order valence-corrected chi connectivity index (χ0v) is 17.6. The zero-order valence-electron chi connectivity index (χ0n) is 17.6. The second kappa shape index (κ2) is 7.70. The van der Waals surface area contributed by atoms with Crippen LogP contribution in [-0.2, 0) is 0 Å². The summed E-state index contributed by atoms with van der Waals surface area (Å²) in [6.45, 7) is 1.80. The number of amides is 2. The van der Waals surface area contributed by atoms with Crippen molar-refractivity contribution in [2.24, 2.45) is 11.1 Å². The Morgan fingerprint density at radius 3 is 2.72 bits per heavy atom. The van der Waals surface area contributed by atoms with E-state index in [9.17, 15) is 9.59 Å². The van der Waals surface area contributed by atoms with Crippen molar-refractivity contribution in [1.82, 2.24) is 30.5 Å². The van der Waals surface area contributed by atoms with Crippen LogP contribution in [0.1, 0.15) is 52.2 Å². The van der Waals surface area contributed by atoms with Gasteiger partial charge in [0.25, 0.3) is 11.8 Å². The monoisotopic (exact) mass is 433 g/mol. The van der Waals surface area contributed by atoms with Crippen LogP contribution in [0.15, 0.2) is 42.6 Å². The van der Waals surface area contributed by atoms with E-state index in [0.717, 1.165) is 31.4 Å². The van der Waals surface area contributed by atoms with E-state index in [-0.39, 0.29) is 23.5 Å². The Bertz CT molecular complexity index is 1180. The molecule has 5 rings (SSSR count). The second-order valence-corrected chi connectivity index (χ2v) is 8.64. The third-order valence-corrected chi connectivity index (χ3v) is 6.31. The molecule has 10 nitrogen and oxygen atoms in total. The molecular formula is C22H23N7O3. The van der Waals surface area contributed by atoms with Crippen LogP contribution < -0.4 is 15.8 Å². The maximum Gasteiger partial charge on any atom is 0.254 e. The summed E-state index contributed by atoms with van der Waals surface area (Å²) < 4.78 is 7.49. The van der Waals surface area contributed by atoms with E-state index >= 15 is 0 Å². The van der Waals surface area contributed by atoms with Crippen molar-refractivity contribution < 1.29 is 14.3 Å². The Morgan fingerprint density at radius 2 is 2.00 bits per heavy atom. The molecule has 0 atom stereocenters. The molecule has 2 aliphatic carbocycles. The summed E-state index contributed by atoms with van der Waals surface area (Å²) >= 11 is 0. The van der Waals surface area contributed by atoms with Gasteiger partial charge in [0, 0.05) is 17.8 Å². The first-order valence-electron chi connectivity index (χ1n) is 10.5. The molecule has 32 heavy (non-hydrogen) atoms. The van der Waals surface area contributed by atoms with E-state index in [1.54, 1.807) is 42.1 Å². The van der Waals surface area contributed by atoms with Crippen LogP contribution in [0.5, 0.6) is 5.88 Å². The number of hydrogen-bond donors (Lipinski definition) is 2. The van der Waals surface area contributed by atoms with Crippen LogP contribution in [0.25, 0.3) is 5.69 Å². The number of aromatic nitrogens is 5. The Balaban J connectivity index is 1.14. The summed E-state index contributed by atoms with van der Waals surface area (Å²) in [5.41, 5.74) is 7.19. The van der Waals surface area contributed by atoms with Crippen molar-refractivity contribution in [2.45, 2.75) is 44.8 Å². The van der Waals surface area contributed by atoms with Crippen LogP contribution in [-0.4, -0.2) is 49.2 Å². The topological polar surface area (TPSA) is 138 Å². The fourth-order valence-electron chi connectivity index (χ4n) is 4.76. The molecule has 2 amide bonds. The minimum atomic E-state index is -0.548. The Hall–Kier alpha value is -3.82. The lowest BCUT2D eigenvalue weighted by atomic mass is 9.53. The lowest BCUT2D eigenvalue weighted by Crippen LogP contribution is -2.58. The van der Waals surface area contributed by atoms with Crippen molar-refractivity contribution in [1.29, 1.82) is 0 Å². The van der Waals surface area contributed by atoms with Crippen molar-refractivity contribution in [3.63, 3.8) is 0 Å². The fourth-order valence-corrected chi connectivity index (χ4v) is 4.76. The maximum absolute atomic E-state index is 12.7. The van der Waals surface area contributed by atoms with Gasteiger partial charge in [-0.05, 0) is 78.8 Å². The van der Waals surface area contributed by atoms with Crippen LogP contribution in [0.3, 0.4) is 0 Å². The molecule has 2 aliphatic rings. The molecule has 164 valence electrons. The number of primary amides is 1. The highest BCUT2D eigenvalue weighted by Gasteiger charge is 2.54. The molecule has 3 aromatic rings. The Labute approximate surface area is 184 Å². The molecule has 1 aromatic carbocycles. The van der Waals surface area contributed by atoms with E-state index in [2.05, 4.69) is 25.8 Å². The number of ether oxygens (including phenoxy) is 1. The third kappa shape index (κ3) is 3.68. The average molecular weight is 433 g/mol. The molecule has 2 aromatic heterocycles. The van der Waals surface area contributed by atoms with Gasteiger partial charge >= 0.3 is 0 Å². The van der Waals surface area contributed by atoms with Crippen molar-refractivity contribution in [3.05, 3.63) is 59.5 Å². The van der Waals surface area contributed by atoms with Gasteiger partial charge in [-0.2, -0.15) is 4.68 Å². The average Bonchev–Trinajstić information content (AvgIpc) is 3.16. The quantitative estimate of drug-likeness (QED) is 0.602. The van der Waals surface area contributed by atoms with Gasteiger partial charge in [-0.15, -0.1) is 5.10 Å².